The van der Waals surface area contributed by atoms with Crippen LogP contribution >= 0.6 is 0 Å². The summed E-state index contributed by atoms with van der Waals surface area (Å²) in [6.45, 7) is 4.06. The molecule has 1 aliphatic rings. The normalized spacial score (nSPS) is 15.4. The fourth-order valence-electron chi connectivity index (χ4n) is 3.19. The second kappa shape index (κ2) is 6.67. The molecule has 24 heavy (non-hydrogen) atoms. The molecule has 0 radical (unpaired) electrons. The van der Waals surface area contributed by atoms with Gasteiger partial charge in [0, 0.05) is 29.7 Å². The van der Waals surface area contributed by atoms with E-state index in [1.54, 1.807) is 11.8 Å². The number of carbonyl (C=O) groups is 2. The average Bonchev–Trinajstić information content (AvgIpc) is 3.33. The van der Waals surface area contributed by atoms with E-state index in [1.807, 2.05) is 18.3 Å². The topological polar surface area (TPSA) is 73.4 Å². The molecule has 1 unspecified atom stereocenters. The zero-order valence-electron chi connectivity index (χ0n) is 14.2. The second-order valence-corrected chi connectivity index (χ2v) is 6.70. The van der Waals surface area contributed by atoms with Crippen LogP contribution in [0.25, 0.3) is 10.9 Å². The highest BCUT2D eigenvalue weighted by Crippen LogP contribution is 2.29. The molecular weight excluding hydrogens is 304 g/mol. The van der Waals surface area contributed by atoms with Crippen LogP contribution in [-0.4, -0.2) is 39.5 Å². The highest BCUT2D eigenvalue weighted by Gasteiger charge is 2.34. The molecule has 0 spiro atoms. The lowest BCUT2D eigenvalue weighted by Crippen LogP contribution is -2.39. The third-order valence-electron chi connectivity index (χ3n) is 4.81. The molecule has 1 aromatic heterocycles. The average molecular weight is 328 g/mol. The van der Waals surface area contributed by atoms with Crippen LogP contribution < -0.4 is 0 Å². The lowest BCUT2D eigenvalue weighted by Gasteiger charge is -2.24. The molecule has 1 heterocycles. The summed E-state index contributed by atoms with van der Waals surface area (Å²) in [7, 11) is 0. The predicted octanol–water partition coefficient (Wildman–Crippen LogP) is 2.98. The summed E-state index contributed by atoms with van der Waals surface area (Å²) in [6.07, 6.45) is 5.12. The molecule has 1 fully saturated rings. The first-order valence-corrected chi connectivity index (χ1v) is 8.61. The van der Waals surface area contributed by atoms with Crippen LogP contribution in [0.4, 0.5) is 0 Å². The van der Waals surface area contributed by atoms with Gasteiger partial charge >= 0.3 is 5.97 Å². The fourth-order valence-corrected chi connectivity index (χ4v) is 3.19. The number of fused-ring (bicyclic) bond motifs is 1. The Morgan fingerprint density at radius 1 is 1.33 bits per heavy atom. The van der Waals surface area contributed by atoms with Crippen molar-refractivity contribution in [2.45, 2.75) is 45.6 Å². The van der Waals surface area contributed by atoms with Crippen LogP contribution in [0.1, 0.15) is 37.8 Å². The van der Waals surface area contributed by atoms with Gasteiger partial charge in [-0.05, 0) is 30.4 Å². The Hall–Kier alpha value is -2.30. The largest absolute Gasteiger partial charge is 0.481 e. The number of benzene rings is 1. The Morgan fingerprint density at radius 2 is 2.08 bits per heavy atom. The predicted molar refractivity (Wildman–Crippen MR) is 92.9 cm³/mol. The van der Waals surface area contributed by atoms with Crippen molar-refractivity contribution in [2.24, 2.45) is 5.92 Å². The summed E-state index contributed by atoms with van der Waals surface area (Å²) in [6, 6.07) is 6.37. The molecule has 2 aromatic rings. The number of carboxylic acid groups (broad SMARTS) is 1. The number of amides is 1. The van der Waals surface area contributed by atoms with Gasteiger partial charge in [0.1, 0.15) is 0 Å². The number of aliphatic carboxylic acids is 1. The molecule has 5 heteroatoms. The Labute approximate surface area is 141 Å². The van der Waals surface area contributed by atoms with E-state index in [0.29, 0.717) is 13.0 Å². The smallest absolute Gasteiger partial charge is 0.308 e. The molecule has 5 nitrogen and oxygen atoms in total. The third kappa shape index (κ3) is 3.30. The maximum Gasteiger partial charge on any atom is 0.308 e. The van der Waals surface area contributed by atoms with Gasteiger partial charge in [0.25, 0.3) is 0 Å². The van der Waals surface area contributed by atoms with Crippen molar-refractivity contribution in [3.63, 3.8) is 0 Å². The van der Waals surface area contributed by atoms with E-state index in [2.05, 4.69) is 18.0 Å². The number of hydrogen-bond donors (Lipinski definition) is 2. The minimum atomic E-state index is -0.854. The van der Waals surface area contributed by atoms with Crippen molar-refractivity contribution < 1.29 is 14.7 Å². The highest BCUT2D eigenvalue weighted by molar-refractivity contribution is 5.91. The molecule has 1 aliphatic carbocycles. The molecule has 1 atom stereocenters. The van der Waals surface area contributed by atoms with Crippen molar-refractivity contribution in [2.75, 3.05) is 6.54 Å². The lowest BCUT2D eigenvalue weighted by atomic mass is 10.0. The minimum Gasteiger partial charge on any atom is -0.481 e. The summed E-state index contributed by atoms with van der Waals surface area (Å²) in [5.41, 5.74) is 3.32. The van der Waals surface area contributed by atoms with Crippen LogP contribution in [0, 0.1) is 5.92 Å². The van der Waals surface area contributed by atoms with Crippen molar-refractivity contribution in [3.8, 4) is 0 Å². The van der Waals surface area contributed by atoms with Crippen molar-refractivity contribution in [3.05, 3.63) is 35.5 Å². The Balaban J connectivity index is 1.79. The molecule has 128 valence electrons. The van der Waals surface area contributed by atoms with Crippen molar-refractivity contribution in [1.29, 1.82) is 0 Å². The SMILES string of the molecule is CCc1cccc2c(CC(=O)N(CC(C)C(=O)O)C3CC3)c[nH]c12. The van der Waals surface area contributed by atoms with E-state index in [-0.39, 0.29) is 11.9 Å². The van der Waals surface area contributed by atoms with Gasteiger partial charge in [0.15, 0.2) is 0 Å². The zero-order valence-corrected chi connectivity index (χ0v) is 14.2. The van der Waals surface area contributed by atoms with Crippen LogP contribution in [0.2, 0.25) is 0 Å². The molecule has 1 saturated carbocycles. The van der Waals surface area contributed by atoms with Gasteiger partial charge in [-0.25, -0.2) is 0 Å². The first-order chi connectivity index (χ1) is 11.5. The van der Waals surface area contributed by atoms with Crippen LogP contribution in [0.3, 0.4) is 0 Å². The Morgan fingerprint density at radius 3 is 2.71 bits per heavy atom. The molecule has 0 saturated heterocycles. The van der Waals surface area contributed by atoms with Gasteiger partial charge in [0.05, 0.1) is 12.3 Å². The monoisotopic (exact) mass is 328 g/mol. The molecular formula is C19H24N2O3. The number of carboxylic acids is 1. The van der Waals surface area contributed by atoms with Crippen molar-refractivity contribution in [1.82, 2.24) is 9.88 Å². The van der Waals surface area contributed by atoms with E-state index in [9.17, 15) is 9.59 Å². The molecule has 3 rings (SSSR count). The first-order valence-electron chi connectivity index (χ1n) is 8.61. The van der Waals surface area contributed by atoms with Crippen LogP contribution in [-0.2, 0) is 22.4 Å². The summed E-state index contributed by atoms with van der Waals surface area (Å²) in [4.78, 5) is 28.9. The standard InChI is InChI=1S/C19H24N2O3/c1-3-13-5-4-6-16-14(10-20-18(13)16)9-17(22)21(15-7-8-15)11-12(2)19(23)24/h4-6,10,12,15,20H,3,7-9,11H2,1-2H3,(H,23,24). The summed E-state index contributed by atoms with van der Waals surface area (Å²) in [5, 5.41) is 10.2. The maximum absolute atomic E-state index is 12.8. The number of para-hydroxylation sites is 1. The Bertz CT molecular complexity index is 761. The van der Waals surface area contributed by atoms with Gasteiger partial charge in [-0.15, -0.1) is 0 Å². The number of carbonyl (C=O) groups excluding carboxylic acids is 1. The van der Waals surface area contributed by atoms with Crippen LogP contribution in [0.15, 0.2) is 24.4 Å². The van der Waals surface area contributed by atoms with E-state index in [0.717, 1.165) is 35.7 Å². The summed E-state index contributed by atoms with van der Waals surface area (Å²) in [5.74, 6) is -1.37. The molecule has 0 bridgehead atoms. The minimum absolute atomic E-state index is 0.0217. The van der Waals surface area contributed by atoms with E-state index < -0.39 is 11.9 Å². The molecule has 1 amide bonds. The lowest BCUT2D eigenvalue weighted by molar-refractivity contribution is -0.143. The molecule has 2 N–H and O–H groups in total. The van der Waals surface area contributed by atoms with Gasteiger partial charge in [0.2, 0.25) is 5.91 Å². The van der Waals surface area contributed by atoms with Gasteiger partial charge in [-0.3, -0.25) is 9.59 Å². The number of aryl methyl sites for hydroxylation is 1. The number of hydrogen-bond acceptors (Lipinski definition) is 2. The van der Waals surface area contributed by atoms with Gasteiger partial charge in [-0.2, -0.15) is 0 Å². The van der Waals surface area contributed by atoms with Crippen LogP contribution in [0.5, 0.6) is 0 Å². The highest BCUT2D eigenvalue weighted by atomic mass is 16.4. The summed E-state index contributed by atoms with van der Waals surface area (Å²) < 4.78 is 0. The van der Waals surface area contributed by atoms with E-state index >= 15 is 0 Å². The van der Waals surface area contributed by atoms with Crippen molar-refractivity contribution >= 4 is 22.8 Å². The quantitative estimate of drug-likeness (QED) is 0.820. The second-order valence-electron chi connectivity index (χ2n) is 6.70. The van der Waals surface area contributed by atoms with Gasteiger partial charge < -0.3 is 15.0 Å². The van der Waals surface area contributed by atoms with Gasteiger partial charge in [-0.1, -0.05) is 32.0 Å². The number of aromatic nitrogens is 1. The first kappa shape index (κ1) is 16.6. The van der Waals surface area contributed by atoms with E-state index in [1.165, 1.54) is 5.56 Å². The van der Waals surface area contributed by atoms with E-state index in [4.69, 9.17) is 5.11 Å². The Kier molecular flexibility index (Phi) is 4.60. The third-order valence-corrected chi connectivity index (χ3v) is 4.81. The maximum atomic E-state index is 12.8. The number of aromatic amines is 1. The number of nitrogens with zero attached hydrogens (tertiary/aromatic N) is 1. The molecule has 0 aliphatic heterocycles. The molecule has 1 aromatic carbocycles. The number of H-pyrrole nitrogens is 1. The fraction of sp³-hybridized carbons (Fsp3) is 0.474. The zero-order chi connectivity index (χ0) is 17.3. The number of nitrogens with one attached hydrogen (secondary N) is 1. The summed E-state index contributed by atoms with van der Waals surface area (Å²) >= 11 is 0. The number of rotatable bonds is 7.